The molecule has 0 saturated heterocycles. The molecule has 0 spiro atoms. The van der Waals surface area contributed by atoms with E-state index < -0.39 is 0 Å². The standard InChI is InChI=1S/C8H16O4/c1-2-3-10-4-5-11-6-7-12-8-9/h8H,2-7H2,1H3. The number of carbonyl (C=O) groups is 1. The van der Waals surface area contributed by atoms with Gasteiger partial charge in [0.2, 0.25) is 0 Å². The van der Waals surface area contributed by atoms with Crippen LogP contribution in [-0.2, 0) is 19.0 Å². The van der Waals surface area contributed by atoms with Crippen molar-refractivity contribution < 1.29 is 19.0 Å². The normalized spacial score (nSPS) is 9.75. The Kier molecular flexibility index (Phi) is 9.86. The first-order valence-electron chi connectivity index (χ1n) is 4.12. The second-order valence-electron chi connectivity index (χ2n) is 2.19. The summed E-state index contributed by atoms with van der Waals surface area (Å²) in [6.45, 7) is 5.16. The molecule has 0 unspecified atom stereocenters. The predicted octanol–water partition coefficient (Wildman–Crippen LogP) is 0.603. The van der Waals surface area contributed by atoms with Gasteiger partial charge in [-0.3, -0.25) is 4.79 Å². The molecule has 4 heteroatoms. The van der Waals surface area contributed by atoms with Gasteiger partial charge in [0, 0.05) is 6.61 Å². The molecule has 0 radical (unpaired) electrons. The van der Waals surface area contributed by atoms with Gasteiger partial charge in [-0.25, -0.2) is 0 Å². The molecule has 0 aliphatic rings. The van der Waals surface area contributed by atoms with Crippen molar-refractivity contribution in [2.75, 3.05) is 33.0 Å². The zero-order valence-corrected chi connectivity index (χ0v) is 7.45. The third-order valence-electron chi connectivity index (χ3n) is 1.13. The monoisotopic (exact) mass is 176 g/mol. The van der Waals surface area contributed by atoms with E-state index >= 15 is 0 Å². The quantitative estimate of drug-likeness (QED) is 0.381. The molecule has 0 amide bonds. The zero-order chi connectivity index (χ0) is 9.07. The van der Waals surface area contributed by atoms with Crippen molar-refractivity contribution in [1.29, 1.82) is 0 Å². The Bertz CT molecular complexity index is 95.1. The zero-order valence-electron chi connectivity index (χ0n) is 7.45. The van der Waals surface area contributed by atoms with Gasteiger partial charge in [0.05, 0.1) is 19.8 Å². The molecule has 0 aromatic rings. The molecule has 72 valence electrons. The molecule has 0 fully saturated rings. The lowest BCUT2D eigenvalue weighted by molar-refractivity contribution is -0.130. The Morgan fingerprint density at radius 2 is 1.58 bits per heavy atom. The van der Waals surface area contributed by atoms with E-state index in [0.717, 1.165) is 13.0 Å². The molecule has 4 nitrogen and oxygen atoms in total. The number of rotatable bonds is 9. The van der Waals surface area contributed by atoms with Crippen LogP contribution in [0.5, 0.6) is 0 Å². The highest BCUT2D eigenvalue weighted by Crippen LogP contribution is 1.81. The molecule has 0 aliphatic heterocycles. The van der Waals surface area contributed by atoms with Crippen LogP contribution in [0, 0.1) is 0 Å². The van der Waals surface area contributed by atoms with E-state index in [0.29, 0.717) is 32.9 Å². The van der Waals surface area contributed by atoms with Crippen LogP contribution < -0.4 is 0 Å². The molecule has 0 bridgehead atoms. The van der Waals surface area contributed by atoms with Crippen molar-refractivity contribution in [1.82, 2.24) is 0 Å². The van der Waals surface area contributed by atoms with Crippen LogP contribution >= 0.6 is 0 Å². The maximum Gasteiger partial charge on any atom is 0.293 e. The van der Waals surface area contributed by atoms with Gasteiger partial charge in [-0.2, -0.15) is 0 Å². The fraction of sp³-hybridized carbons (Fsp3) is 0.875. The van der Waals surface area contributed by atoms with E-state index in [2.05, 4.69) is 11.7 Å². The fourth-order valence-electron chi connectivity index (χ4n) is 0.621. The minimum atomic E-state index is 0.317. The van der Waals surface area contributed by atoms with Gasteiger partial charge < -0.3 is 14.2 Å². The first-order chi connectivity index (χ1) is 5.91. The third kappa shape index (κ3) is 9.39. The molecule has 0 aromatic carbocycles. The summed E-state index contributed by atoms with van der Waals surface area (Å²) >= 11 is 0. The van der Waals surface area contributed by atoms with Crippen molar-refractivity contribution in [3.05, 3.63) is 0 Å². The van der Waals surface area contributed by atoms with Gasteiger partial charge >= 0.3 is 0 Å². The first-order valence-corrected chi connectivity index (χ1v) is 4.12. The summed E-state index contributed by atoms with van der Waals surface area (Å²) in [5.74, 6) is 0. The third-order valence-corrected chi connectivity index (χ3v) is 1.13. The SMILES string of the molecule is CCCOCCOCCOC=O. The Hall–Kier alpha value is -0.610. The van der Waals surface area contributed by atoms with Crippen LogP contribution in [0.1, 0.15) is 13.3 Å². The van der Waals surface area contributed by atoms with Crippen molar-refractivity contribution >= 4 is 6.47 Å². The molecule has 0 saturated carbocycles. The minimum Gasteiger partial charge on any atom is -0.465 e. The number of carbonyl (C=O) groups excluding carboxylic acids is 1. The first kappa shape index (κ1) is 11.4. The van der Waals surface area contributed by atoms with Crippen molar-refractivity contribution in [3.63, 3.8) is 0 Å². The summed E-state index contributed by atoms with van der Waals surface area (Å²) in [7, 11) is 0. The van der Waals surface area contributed by atoms with Crippen LogP contribution in [0.4, 0.5) is 0 Å². The van der Waals surface area contributed by atoms with Crippen LogP contribution in [-0.4, -0.2) is 39.5 Å². The summed E-state index contributed by atoms with van der Waals surface area (Å²) in [5.41, 5.74) is 0. The van der Waals surface area contributed by atoms with Crippen LogP contribution in [0.15, 0.2) is 0 Å². The summed E-state index contributed by atoms with van der Waals surface area (Å²) in [6, 6.07) is 0. The van der Waals surface area contributed by atoms with E-state index in [1.165, 1.54) is 0 Å². The molecule has 0 heterocycles. The smallest absolute Gasteiger partial charge is 0.293 e. The van der Waals surface area contributed by atoms with Crippen LogP contribution in [0.2, 0.25) is 0 Å². The van der Waals surface area contributed by atoms with Gasteiger partial charge in [0.25, 0.3) is 6.47 Å². The van der Waals surface area contributed by atoms with E-state index in [-0.39, 0.29) is 0 Å². The van der Waals surface area contributed by atoms with Gasteiger partial charge in [0.15, 0.2) is 0 Å². The van der Waals surface area contributed by atoms with E-state index in [4.69, 9.17) is 9.47 Å². The lowest BCUT2D eigenvalue weighted by Gasteiger charge is -2.03. The number of hydrogen-bond donors (Lipinski definition) is 0. The van der Waals surface area contributed by atoms with Crippen molar-refractivity contribution in [2.24, 2.45) is 0 Å². The summed E-state index contributed by atoms with van der Waals surface area (Å²) in [4.78, 5) is 9.68. The second kappa shape index (κ2) is 10.4. The van der Waals surface area contributed by atoms with Crippen LogP contribution in [0.25, 0.3) is 0 Å². The molecule has 0 aromatic heterocycles. The molecule has 0 aliphatic carbocycles. The minimum absolute atomic E-state index is 0.317. The summed E-state index contributed by atoms with van der Waals surface area (Å²) < 4.78 is 14.6. The fourth-order valence-corrected chi connectivity index (χ4v) is 0.621. The largest absolute Gasteiger partial charge is 0.465 e. The molecule has 0 N–H and O–H groups in total. The highest BCUT2D eigenvalue weighted by Gasteiger charge is 1.88. The predicted molar refractivity (Wildman–Crippen MR) is 43.9 cm³/mol. The Morgan fingerprint density at radius 1 is 1.00 bits per heavy atom. The van der Waals surface area contributed by atoms with Crippen LogP contribution in [0.3, 0.4) is 0 Å². The molecule has 0 rings (SSSR count). The average molecular weight is 176 g/mol. The van der Waals surface area contributed by atoms with E-state index in [9.17, 15) is 4.79 Å². The summed E-state index contributed by atoms with van der Waals surface area (Å²) in [6.07, 6.45) is 1.02. The topological polar surface area (TPSA) is 44.8 Å². The average Bonchev–Trinajstić information content (AvgIpc) is 2.10. The number of hydrogen-bond acceptors (Lipinski definition) is 4. The highest BCUT2D eigenvalue weighted by atomic mass is 16.6. The molecule has 12 heavy (non-hydrogen) atoms. The molecular formula is C8H16O4. The highest BCUT2D eigenvalue weighted by molar-refractivity contribution is 5.36. The van der Waals surface area contributed by atoms with E-state index in [1.54, 1.807) is 0 Å². The molecular weight excluding hydrogens is 160 g/mol. The van der Waals surface area contributed by atoms with Gasteiger partial charge in [-0.15, -0.1) is 0 Å². The van der Waals surface area contributed by atoms with Crippen molar-refractivity contribution in [3.8, 4) is 0 Å². The summed E-state index contributed by atoms with van der Waals surface area (Å²) in [5, 5.41) is 0. The number of ether oxygens (including phenoxy) is 3. The lowest BCUT2D eigenvalue weighted by atomic mass is 10.5. The second-order valence-corrected chi connectivity index (χ2v) is 2.19. The Morgan fingerprint density at radius 3 is 2.17 bits per heavy atom. The lowest BCUT2D eigenvalue weighted by Crippen LogP contribution is -2.09. The Balaban J connectivity index is 2.77. The maximum absolute atomic E-state index is 9.68. The van der Waals surface area contributed by atoms with Gasteiger partial charge in [-0.05, 0) is 6.42 Å². The van der Waals surface area contributed by atoms with Gasteiger partial charge in [0.1, 0.15) is 6.61 Å². The van der Waals surface area contributed by atoms with Gasteiger partial charge in [-0.1, -0.05) is 6.92 Å². The maximum atomic E-state index is 9.68. The van der Waals surface area contributed by atoms with Crippen molar-refractivity contribution in [2.45, 2.75) is 13.3 Å². The van der Waals surface area contributed by atoms with E-state index in [1.807, 2.05) is 0 Å². The molecule has 0 atom stereocenters. The Labute approximate surface area is 72.8 Å².